The summed E-state index contributed by atoms with van der Waals surface area (Å²) in [6, 6.07) is 6.16. The number of rotatable bonds is 2. The molecule has 0 bridgehead atoms. The number of aromatic nitrogens is 4. The number of fused-ring (bicyclic) bond motifs is 1. The summed E-state index contributed by atoms with van der Waals surface area (Å²) in [6.45, 7) is 4.34. The minimum Gasteiger partial charge on any atom is -0.337 e. The molecule has 6 heteroatoms. The van der Waals surface area contributed by atoms with Gasteiger partial charge >= 0.3 is 0 Å². The Hall–Kier alpha value is -1.95. The van der Waals surface area contributed by atoms with Crippen molar-refractivity contribution in [1.29, 1.82) is 0 Å². The standard InChI is InChI=1S/C12H12N4OS/c1-7-3-4-9-10(5-7)16(12(18)14-9)6-11-13-8(2)15-17-11/h3-5H,6H2,1-2H3,(H,14,18). The third kappa shape index (κ3) is 1.84. The molecule has 0 amide bonds. The topological polar surface area (TPSA) is 59.6 Å². The molecule has 1 N–H and O–H groups in total. The molecular weight excluding hydrogens is 248 g/mol. The molecule has 0 unspecified atom stereocenters. The van der Waals surface area contributed by atoms with E-state index in [0.717, 1.165) is 11.0 Å². The van der Waals surface area contributed by atoms with Crippen molar-refractivity contribution >= 4 is 23.3 Å². The highest BCUT2D eigenvalue weighted by atomic mass is 32.1. The maximum absolute atomic E-state index is 5.32. The zero-order valence-electron chi connectivity index (χ0n) is 10.1. The van der Waals surface area contributed by atoms with E-state index in [0.29, 0.717) is 23.0 Å². The number of nitrogens with zero attached hydrogens (tertiary/aromatic N) is 3. The molecule has 3 rings (SSSR count). The monoisotopic (exact) mass is 260 g/mol. The fourth-order valence-corrected chi connectivity index (χ4v) is 2.23. The highest BCUT2D eigenvalue weighted by Crippen LogP contribution is 2.17. The van der Waals surface area contributed by atoms with Gasteiger partial charge in [-0.25, -0.2) is 0 Å². The van der Waals surface area contributed by atoms with Gasteiger partial charge in [0.1, 0.15) is 6.54 Å². The van der Waals surface area contributed by atoms with Crippen molar-refractivity contribution in [3.05, 3.63) is 40.2 Å². The first-order chi connectivity index (χ1) is 8.63. The lowest BCUT2D eigenvalue weighted by molar-refractivity contribution is 0.368. The minimum absolute atomic E-state index is 0.489. The Balaban J connectivity index is 2.13. The van der Waals surface area contributed by atoms with Gasteiger partial charge in [0.15, 0.2) is 10.6 Å². The van der Waals surface area contributed by atoms with E-state index in [1.54, 1.807) is 6.92 Å². The van der Waals surface area contributed by atoms with Crippen LogP contribution >= 0.6 is 12.2 Å². The SMILES string of the molecule is Cc1ccc2[nH]c(=S)n(Cc3nc(C)no3)c2c1. The lowest BCUT2D eigenvalue weighted by Gasteiger charge is -2.00. The molecule has 2 heterocycles. The zero-order valence-corrected chi connectivity index (χ0v) is 10.9. The Morgan fingerprint density at radius 1 is 1.39 bits per heavy atom. The van der Waals surface area contributed by atoms with Crippen molar-refractivity contribution in [1.82, 2.24) is 19.7 Å². The summed E-state index contributed by atoms with van der Waals surface area (Å²) >= 11 is 5.32. The molecular formula is C12H12N4OS. The number of hydrogen-bond donors (Lipinski definition) is 1. The van der Waals surface area contributed by atoms with Crippen LogP contribution in [0.5, 0.6) is 0 Å². The first kappa shape index (κ1) is 11.2. The molecule has 3 aromatic rings. The number of aromatic amines is 1. The second-order valence-corrected chi connectivity index (χ2v) is 4.66. The number of benzene rings is 1. The Morgan fingerprint density at radius 3 is 2.94 bits per heavy atom. The average Bonchev–Trinajstić information content (AvgIpc) is 2.86. The molecule has 18 heavy (non-hydrogen) atoms. The highest BCUT2D eigenvalue weighted by Gasteiger charge is 2.09. The summed E-state index contributed by atoms with van der Waals surface area (Å²) in [4.78, 5) is 7.37. The maximum atomic E-state index is 5.32. The van der Waals surface area contributed by atoms with E-state index in [4.69, 9.17) is 16.7 Å². The number of imidazole rings is 1. The van der Waals surface area contributed by atoms with Crippen LogP contribution in [0.3, 0.4) is 0 Å². The van der Waals surface area contributed by atoms with Crippen molar-refractivity contribution in [3.8, 4) is 0 Å². The summed E-state index contributed by atoms with van der Waals surface area (Å²) in [5, 5.41) is 3.78. The lowest BCUT2D eigenvalue weighted by Crippen LogP contribution is -2.00. The molecule has 5 nitrogen and oxygen atoms in total. The second-order valence-electron chi connectivity index (χ2n) is 4.27. The van der Waals surface area contributed by atoms with Gasteiger partial charge in [0.25, 0.3) is 0 Å². The Kier molecular flexibility index (Phi) is 2.52. The van der Waals surface area contributed by atoms with Crippen LogP contribution in [0.4, 0.5) is 0 Å². The zero-order chi connectivity index (χ0) is 12.7. The smallest absolute Gasteiger partial charge is 0.246 e. The fraction of sp³-hybridized carbons (Fsp3) is 0.250. The van der Waals surface area contributed by atoms with Gasteiger partial charge in [0, 0.05) is 0 Å². The second kappa shape index (κ2) is 4.06. The summed E-state index contributed by atoms with van der Waals surface area (Å²) in [7, 11) is 0. The molecule has 0 radical (unpaired) electrons. The Bertz CT molecular complexity index is 768. The largest absolute Gasteiger partial charge is 0.337 e. The van der Waals surface area contributed by atoms with Gasteiger partial charge in [-0.05, 0) is 43.8 Å². The molecule has 0 saturated heterocycles. The molecule has 0 aliphatic rings. The van der Waals surface area contributed by atoms with Crippen molar-refractivity contribution in [2.24, 2.45) is 0 Å². The van der Waals surface area contributed by atoms with Crippen LogP contribution in [0.25, 0.3) is 11.0 Å². The van der Waals surface area contributed by atoms with Crippen LogP contribution in [-0.2, 0) is 6.54 Å². The molecule has 1 aromatic carbocycles. The van der Waals surface area contributed by atoms with E-state index in [1.165, 1.54) is 5.56 Å². The first-order valence-corrected chi connectivity index (χ1v) is 6.02. The van der Waals surface area contributed by atoms with Crippen LogP contribution in [0, 0.1) is 18.6 Å². The summed E-state index contributed by atoms with van der Waals surface area (Å²) in [5.74, 6) is 1.19. The van der Waals surface area contributed by atoms with Gasteiger partial charge in [-0.3, -0.25) is 0 Å². The maximum Gasteiger partial charge on any atom is 0.246 e. The number of H-pyrrole nitrogens is 1. The quantitative estimate of drug-likeness (QED) is 0.720. The van der Waals surface area contributed by atoms with Gasteiger partial charge in [0.05, 0.1) is 11.0 Å². The van der Waals surface area contributed by atoms with Crippen LogP contribution in [-0.4, -0.2) is 19.7 Å². The van der Waals surface area contributed by atoms with Crippen LogP contribution in [0.15, 0.2) is 22.7 Å². The molecule has 92 valence electrons. The fourth-order valence-electron chi connectivity index (χ4n) is 1.96. The van der Waals surface area contributed by atoms with E-state index in [-0.39, 0.29) is 0 Å². The predicted octanol–water partition coefficient (Wildman–Crippen LogP) is 2.75. The first-order valence-electron chi connectivity index (χ1n) is 5.62. The number of aryl methyl sites for hydroxylation is 2. The van der Waals surface area contributed by atoms with Crippen LogP contribution < -0.4 is 0 Å². The van der Waals surface area contributed by atoms with Gasteiger partial charge in [-0.2, -0.15) is 4.98 Å². The molecule has 2 aromatic heterocycles. The third-order valence-corrected chi connectivity index (χ3v) is 3.12. The molecule has 0 aliphatic carbocycles. The number of nitrogens with one attached hydrogen (secondary N) is 1. The van der Waals surface area contributed by atoms with Crippen molar-refractivity contribution < 1.29 is 4.52 Å². The third-order valence-electron chi connectivity index (χ3n) is 2.79. The Labute approximate surface area is 108 Å². The molecule has 0 spiro atoms. The van der Waals surface area contributed by atoms with E-state index in [9.17, 15) is 0 Å². The van der Waals surface area contributed by atoms with Crippen molar-refractivity contribution in [2.75, 3.05) is 0 Å². The Morgan fingerprint density at radius 2 is 2.22 bits per heavy atom. The molecule has 0 fully saturated rings. The highest BCUT2D eigenvalue weighted by molar-refractivity contribution is 7.71. The van der Waals surface area contributed by atoms with Gasteiger partial charge in [0.2, 0.25) is 5.89 Å². The number of hydrogen-bond acceptors (Lipinski definition) is 4. The average molecular weight is 260 g/mol. The minimum atomic E-state index is 0.489. The molecule has 0 aliphatic heterocycles. The summed E-state index contributed by atoms with van der Waals surface area (Å²) < 4.78 is 7.75. The van der Waals surface area contributed by atoms with E-state index in [1.807, 2.05) is 10.6 Å². The van der Waals surface area contributed by atoms with E-state index >= 15 is 0 Å². The van der Waals surface area contributed by atoms with Crippen LogP contribution in [0.1, 0.15) is 17.3 Å². The lowest BCUT2D eigenvalue weighted by atomic mass is 10.2. The molecule has 0 saturated carbocycles. The van der Waals surface area contributed by atoms with E-state index in [2.05, 4.69) is 34.2 Å². The summed E-state index contributed by atoms with van der Waals surface area (Å²) in [5.41, 5.74) is 3.25. The normalized spacial score (nSPS) is 11.2. The predicted molar refractivity (Wildman–Crippen MR) is 70.0 cm³/mol. The van der Waals surface area contributed by atoms with Crippen LogP contribution in [0.2, 0.25) is 0 Å². The van der Waals surface area contributed by atoms with E-state index < -0.39 is 0 Å². The van der Waals surface area contributed by atoms with Crippen molar-refractivity contribution in [2.45, 2.75) is 20.4 Å². The van der Waals surface area contributed by atoms with Gasteiger partial charge in [-0.1, -0.05) is 11.2 Å². The van der Waals surface area contributed by atoms with Crippen molar-refractivity contribution in [3.63, 3.8) is 0 Å². The molecule has 0 atom stereocenters. The summed E-state index contributed by atoms with van der Waals surface area (Å²) in [6.07, 6.45) is 0. The van der Waals surface area contributed by atoms with Gasteiger partial charge in [-0.15, -0.1) is 0 Å². The van der Waals surface area contributed by atoms with Gasteiger partial charge < -0.3 is 14.1 Å².